The Bertz CT molecular complexity index is 1060. The number of morpholine rings is 1. The highest BCUT2D eigenvalue weighted by Gasteiger charge is 2.41. The second kappa shape index (κ2) is 8.32. The molecule has 0 radical (unpaired) electrons. The molecule has 0 unspecified atom stereocenters. The molecule has 0 aliphatic carbocycles. The highest BCUT2D eigenvalue weighted by Crippen LogP contribution is 2.43. The van der Waals surface area contributed by atoms with Gasteiger partial charge in [-0.1, -0.05) is 6.07 Å². The molecule has 6 nitrogen and oxygen atoms in total. The monoisotopic (exact) mass is 433 g/mol. The summed E-state index contributed by atoms with van der Waals surface area (Å²) in [6, 6.07) is 16.9. The molecule has 5 rings (SSSR count). The molecule has 2 aliphatic heterocycles. The van der Waals surface area contributed by atoms with Crippen molar-refractivity contribution in [2.45, 2.75) is 25.9 Å². The highest BCUT2D eigenvalue weighted by molar-refractivity contribution is 7.80. The van der Waals surface area contributed by atoms with Crippen molar-refractivity contribution >= 4 is 28.7 Å². The number of ether oxygens (including phenoxy) is 1. The zero-order chi connectivity index (χ0) is 21.4. The Morgan fingerprint density at radius 2 is 1.77 bits per heavy atom. The molecule has 4 heterocycles. The number of anilines is 2. The van der Waals surface area contributed by atoms with Crippen molar-refractivity contribution in [2.75, 3.05) is 36.1 Å². The average Bonchev–Trinajstić information content (AvgIpc) is 3.32. The summed E-state index contributed by atoms with van der Waals surface area (Å²) in [5, 5.41) is 4.26. The maximum atomic E-state index is 5.83. The van der Waals surface area contributed by atoms with Gasteiger partial charge in [0.1, 0.15) is 0 Å². The van der Waals surface area contributed by atoms with Crippen LogP contribution >= 0.6 is 12.2 Å². The summed E-state index contributed by atoms with van der Waals surface area (Å²) in [5.74, 6) is 0. The molecule has 0 bridgehead atoms. The molecule has 7 heteroatoms. The third-order valence-electron chi connectivity index (χ3n) is 6.11. The zero-order valence-electron chi connectivity index (χ0n) is 17.8. The van der Waals surface area contributed by atoms with E-state index >= 15 is 0 Å². The van der Waals surface area contributed by atoms with Crippen LogP contribution in [0.15, 0.2) is 54.7 Å². The minimum absolute atomic E-state index is 0.0154. The number of thiocarbonyl (C=S) groups is 1. The Hall–Kier alpha value is -2.90. The largest absolute Gasteiger partial charge is 0.378 e. The lowest BCUT2D eigenvalue weighted by Crippen LogP contribution is -2.36. The second-order valence-electron chi connectivity index (χ2n) is 8.15. The zero-order valence-corrected chi connectivity index (χ0v) is 18.7. The van der Waals surface area contributed by atoms with Crippen LogP contribution in [-0.4, -0.2) is 41.4 Å². The maximum absolute atomic E-state index is 5.83. The molecule has 2 aliphatic rings. The van der Waals surface area contributed by atoms with Crippen LogP contribution < -0.4 is 15.1 Å². The maximum Gasteiger partial charge on any atom is 0.174 e. The predicted octanol–water partition coefficient (Wildman–Crippen LogP) is 4.04. The number of aromatic amines is 1. The van der Waals surface area contributed by atoms with Gasteiger partial charge in [0.25, 0.3) is 0 Å². The van der Waals surface area contributed by atoms with E-state index in [1.54, 1.807) is 0 Å². The van der Waals surface area contributed by atoms with E-state index in [1.807, 2.05) is 18.3 Å². The standard InChI is InChI=1S/C24H27N5OS/c1-16-15-20(17(2)26-16)23-22(21-5-3-4-10-25-21)27-24(31)29(23)19-8-6-18(7-9-19)28-11-13-30-14-12-28/h3-10,15,22-23,26H,11-14H2,1-2H3,(H,27,31)/t22-,23+/m0/s1. The van der Waals surface area contributed by atoms with Crippen molar-refractivity contribution in [1.82, 2.24) is 15.3 Å². The van der Waals surface area contributed by atoms with Crippen LogP contribution in [0, 0.1) is 13.8 Å². The van der Waals surface area contributed by atoms with Gasteiger partial charge in [0, 0.05) is 42.0 Å². The van der Waals surface area contributed by atoms with E-state index in [4.69, 9.17) is 17.0 Å². The first-order chi connectivity index (χ1) is 15.1. The van der Waals surface area contributed by atoms with E-state index in [2.05, 4.69) is 75.3 Å². The van der Waals surface area contributed by atoms with Crippen LogP contribution in [0.1, 0.15) is 34.7 Å². The molecule has 0 spiro atoms. The van der Waals surface area contributed by atoms with Crippen LogP contribution in [0.2, 0.25) is 0 Å². The molecular formula is C24H27N5OS. The topological polar surface area (TPSA) is 56.4 Å². The molecule has 2 saturated heterocycles. The van der Waals surface area contributed by atoms with Gasteiger partial charge in [-0.2, -0.15) is 0 Å². The molecular weight excluding hydrogens is 406 g/mol. The van der Waals surface area contributed by atoms with Gasteiger partial charge in [0.15, 0.2) is 5.11 Å². The van der Waals surface area contributed by atoms with E-state index < -0.39 is 0 Å². The van der Waals surface area contributed by atoms with Crippen LogP contribution in [-0.2, 0) is 4.74 Å². The summed E-state index contributed by atoms with van der Waals surface area (Å²) in [6.07, 6.45) is 1.84. The van der Waals surface area contributed by atoms with Crippen molar-refractivity contribution in [2.24, 2.45) is 0 Å². The van der Waals surface area contributed by atoms with E-state index in [9.17, 15) is 0 Å². The molecule has 160 valence electrons. The number of nitrogens with one attached hydrogen (secondary N) is 2. The number of aromatic nitrogens is 2. The Kier molecular flexibility index (Phi) is 5.38. The number of hydrogen-bond donors (Lipinski definition) is 2. The number of hydrogen-bond acceptors (Lipinski definition) is 4. The van der Waals surface area contributed by atoms with Gasteiger partial charge in [0.05, 0.1) is 31.0 Å². The summed E-state index contributed by atoms with van der Waals surface area (Å²) in [4.78, 5) is 12.7. The highest BCUT2D eigenvalue weighted by atomic mass is 32.1. The van der Waals surface area contributed by atoms with Crippen LogP contribution in [0.3, 0.4) is 0 Å². The number of H-pyrrole nitrogens is 1. The molecule has 0 amide bonds. The van der Waals surface area contributed by atoms with Crippen LogP contribution in [0.5, 0.6) is 0 Å². The van der Waals surface area contributed by atoms with Crippen LogP contribution in [0.4, 0.5) is 11.4 Å². The Labute approximate surface area is 188 Å². The molecule has 2 fully saturated rings. The van der Waals surface area contributed by atoms with E-state index in [0.29, 0.717) is 0 Å². The van der Waals surface area contributed by atoms with E-state index in [1.165, 1.54) is 11.3 Å². The van der Waals surface area contributed by atoms with Crippen molar-refractivity contribution in [3.05, 3.63) is 77.4 Å². The van der Waals surface area contributed by atoms with Gasteiger partial charge in [-0.15, -0.1) is 0 Å². The Morgan fingerprint density at radius 1 is 1.03 bits per heavy atom. The smallest absolute Gasteiger partial charge is 0.174 e. The van der Waals surface area contributed by atoms with Gasteiger partial charge in [-0.3, -0.25) is 4.98 Å². The molecule has 2 atom stereocenters. The fourth-order valence-electron chi connectivity index (χ4n) is 4.65. The van der Waals surface area contributed by atoms with E-state index in [0.717, 1.165) is 54.2 Å². The predicted molar refractivity (Wildman–Crippen MR) is 128 cm³/mol. The fourth-order valence-corrected chi connectivity index (χ4v) is 4.99. The summed E-state index contributed by atoms with van der Waals surface area (Å²) in [6.45, 7) is 7.63. The van der Waals surface area contributed by atoms with E-state index in [-0.39, 0.29) is 12.1 Å². The molecule has 31 heavy (non-hydrogen) atoms. The SMILES string of the molecule is Cc1cc([C@@H]2[C@H](c3ccccn3)NC(=S)N2c2ccc(N3CCOCC3)cc2)c(C)[nH]1. The minimum atomic E-state index is -0.0264. The van der Waals surface area contributed by atoms with Crippen LogP contribution in [0.25, 0.3) is 0 Å². The number of rotatable bonds is 4. The normalized spacial score (nSPS) is 21.4. The lowest BCUT2D eigenvalue weighted by molar-refractivity contribution is 0.122. The molecule has 3 aromatic rings. The Morgan fingerprint density at radius 3 is 2.42 bits per heavy atom. The number of nitrogens with zero attached hydrogens (tertiary/aromatic N) is 3. The quantitative estimate of drug-likeness (QED) is 0.606. The minimum Gasteiger partial charge on any atom is -0.378 e. The second-order valence-corrected chi connectivity index (χ2v) is 8.53. The summed E-state index contributed by atoms with van der Waals surface area (Å²) < 4.78 is 5.49. The molecule has 1 aromatic carbocycles. The van der Waals surface area contributed by atoms with Gasteiger partial charge in [-0.25, -0.2) is 0 Å². The lowest BCUT2D eigenvalue weighted by atomic mass is 9.96. The van der Waals surface area contributed by atoms with Crippen molar-refractivity contribution in [3.8, 4) is 0 Å². The first-order valence-electron chi connectivity index (χ1n) is 10.7. The molecule has 2 aromatic heterocycles. The molecule has 2 N–H and O–H groups in total. The summed E-state index contributed by atoms with van der Waals surface area (Å²) in [7, 11) is 0. The third-order valence-corrected chi connectivity index (χ3v) is 6.43. The number of pyridine rings is 1. The number of benzene rings is 1. The van der Waals surface area contributed by atoms with Gasteiger partial charge in [-0.05, 0) is 74.1 Å². The van der Waals surface area contributed by atoms with Crippen molar-refractivity contribution < 1.29 is 4.74 Å². The fraction of sp³-hybridized carbons (Fsp3) is 0.333. The van der Waals surface area contributed by atoms with Gasteiger partial charge in [0.2, 0.25) is 0 Å². The summed E-state index contributed by atoms with van der Waals surface area (Å²) >= 11 is 5.83. The van der Waals surface area contributed by atoms with Crippen molar-refractivity contribution in [1.29, 1.82) is 0 Å². The van der Waals surface area contributed by atoms with Crippen molar-refractivity contribution in [3.63, 3.8) is 0 Å². The third kappa shape index (κ3) is 3.79. The lowest BCUT2D eigenvalue weighted by Gasteiger charge is -2.30. The Balaban J connectivity index is 1.52. The van der Waals surface area contributed by atoms with Gasteiger partial charge < -0.3 is 24.8 Å². The molecule has 0 saturated carbocycles. The first-order valence-corrected chi connectivity index (χ1v) is 11.1. The summed E-state index contributed by atoms with van der Waals surface area (Å²) in [5.41, 5.74) is 6.82. The average molecular weight is 434 g/mol. The van der Waals surface area contributed by atoms with Gasteiger partial charge >= 0.3 is 0 Å². The number of aryl methyl sites for hydroxylation is 2. The first kappa shape index (κ1) is 20.0.